The summed E-state index contributed by atoms with van der Waals surface area (Å²) in [7, 11) is 0. The number of carbonyl (C=O) groups excluding carboxylic acids is 1. The van der Waals surface area contributed by atoms with E-state index in [9.17, 15) is 4.79 Å². The van der Waals surface area contributed by atoms with Gasteiger partial charge >= 0.3 is 0 Å². The van der Waals surface area contributed by atoms with E-state index in [-0.39, 0.29) is 5.78 Å². The van der Waals surface area contributed by atoms with Crippen molar-refractivity contribution in [1.29, 1.82) is 0 Å². The van der Waals surface area contributed by atoms with E-state index < -0.39 is 5.54 Å². The Bertz CT molecular complexity index is 568. The van der Waals surface area contributed by atoms with Crippen molar-refractivity contribution in [3.05, 3.63) is 66.4 Å². The number of hydrogen-bond donors (Lipinski definition) is 0. The second-order valence-corrected chi connectivity index (χ2v) is 4.61. The highest BCUT2D eigenvalue weighted by molar-refractivity contribution is 6.09. The molecule has 0 spiro atoms. The maximum atomic E-state index is 12.3. The molecule has 0 aromatic heterocycles. The minimum Gasteiger partial charge on any atom is -0.330 e. The van der Waals surface area contributed by atoms with Gasteiger partial charge < -0.3 is 4.90 Å². The third-order valence-electron chi connectivity index (χ3n) is 3.71. The van der Waals surface area contributed by atoms with Gasteiger partial charge in [0.1, 0.15) is 5.54 Å². The van der Waals surface area contributed by atoms with Gasteiger partial charge in [-0.3, -0.25) is 4.79 Å². The SMILES string of the molecule is CCC12C=CC=CN1C(c1ccccc1)=CC2=O. The Morgan fingerprint density at radius 2 is 1.94 bits per heavy atom. The van der Waals surface area contributed by atoms with Crippen LogP contribution in [0.25, 0.3) is 5.70 Å². The molecule has 3 rings (SSSR count). The van der Waals surface area contributed by atoms with Gasteiger partial charge in [-0.1, -0.05) is 49.4 Å². The summed E-state index contributed by atoms with van der Waals surface area (Å²) in [5, 5.41) is 0. The predicted octanol–water partition coefficient (Wildman–Crippen LogP) is 3.14. The quantitative estimate of drug-likeness (QED) is 0.787. The molecule has 2 aliphatic rings. The summed E-state index contributed by atoms with van der Waals surface area (Å²) in [4.78, 5) is 14.4. The van der Waals surface area contributed by atoms with E-state index in [1.165, 1.54) is 0 Å². The Balaban J connectivity index is 2.09. The molecular weight excluding hydrogens is 222 g/mol. The van der Waals surface area contributed by atoms with E-state index in [1.54, 1.807) is 6.08 Å². The molecule has 0 fully saturated rings. The molecule has 0 N–H and O–H groups in total. The lowest BCUT2D eigenvalue weighted by Gasteiger charge is -2.36. The van der Waals surface area contributed by atoms with E-state index in [2.05, 4.69) is 11.8 Å². The summed E-state index contributed by atoms with van der Waals surface area (Å²) < 4.78 is 0. The summed E-state index contributed by atoms with van der Waals surface area (Å²) in [5.74, 6) is 0.171. The fourth-order valence-electron chi connectivity index (χ4n) is 2.67. The summed E-state index contributed by atoms with van der Waals surface area (Å²) in [6, 6.07) is 10.1. The Labute approximate surface area is 107 Å². The molecule has 1 aromatic carbocycles. The molecular formula is C16H15NO. The maximum Gasteiger partial charge on any atom is 0.187 e. The number of allylic oxidation sites excluding steroid dienone is 2. The molecule has 0 aliphatic carbocycles. The highest BCUT2D eigenvalue weighted by Crippen LogP contribution is 2.40. The Kier molecular flexibility index (Phi) is 2.44. The molecule has 2 nitrogen and oxygen atoms in total. The van der Waals surface area contributed by atoms with Gasteiger partial charge in [0.2, 0.25) is 0 Å². The molecule has 90 valence electrons. The van der Waals surface area contributed by atoms with Gasteiger partial charge in [-0.05, 0) is 18.1 Å². The predicted molar refractivity (Wildman–Crippen MR) is 72.6 cm³/mol. The van der Waals surface area contributed by atoms with Crippen molar-refractivity contribution in [2.24, 2.45) is 0 Å². The fraction of sp³-hybridized carbons (Fsp3) is 0.188. The van der Waals surface area contributed by atoms with Crippen LogP contribution in [0.1, 0.15) is 18.9 Å². The van der Waals surface area contributed by atoms with E-state index in [4.69, 9.17) is 0 Å². The van der Waals surface area contributed by atoms with Crippen LogP contribution in [0.4, 0.5) is 0 Å². The molecule has 0 bridgehead atoms. The second kappa shape index (κ2) is 3.98. The van der Waals surface area contributed by atoms with E-state index >= 15 is 0 Å². The number of nitrogens with zero attached hydrogens (tertiary/aromatic N) is 1. The van der Waals surface area contributed by atoms with Gasteiger partial charge in [-0.25, -0.2) is 0 Å². The van der Waals surface area contributed by atoms with Crippen molar-refractivity contribution in [2.75, 3.05) is 0 Å². The van der Waals surface area contributed by atoms with Crippen molar-refractivity contribution in [1.82, 2.24) is 4.90 Å². The number of fused-ring (bicyclic) bond motifs is 1. The highest BCUT2D eigenvalue weighted by Gasteiger charge is 2.45. The Morgan fingerprint density at radius 1 is 1.17 bits per heavy atom. The number of rotatable bonds is 2. The molecule has 18 heavy (non-hydrogen) atoms. The maximum absolute atomic E-state index is 12.3. The first kappa shape index (κ1) is 11.0. The summed E-state index contributed by atoms with van der Waals surface area (Å²) in [6.07, 6.45) is 10.5. The minimum atomic E-state index is -0.500. The van der Waals surface area contributed by atoms with Crippen molar-refractivity contribution in [3.8, 4) is 0 Å². The van der Waals surface area contributed by atoms with Gasteiger partial charge in [0.05, 0.1) is 5.70 Å². The van der Waals surface area contributed by atoms with Crippen LogP contribution in [-0.4, -0.2) is 16.2 Å². The van der Waals surface area contributed by atoms with Crippen molar-refractivity contribution >= 4 is 11.5 Å². The average Bonchev–Trinajstić information content (AvgIpc) is 2.74. The zero-order valence-corrected chi connectivity index (χ0v) is 10.3. The number of carbonyl (C=O) groups is 1. The molecule has 2 heteroatoms. The van der Waals surface area contributed by atoms with E-state index in [1.807, 2.05) is 54.8 Å². The average molecular weight is 237 g/mol. The van der Waals surface area contributed by atoms with Gasteiger partial charge in [-0.15, -0.1) is 0 Å². The van der Waals surface area contributed by atoms with Crippen LogP contribution in [-0.2, 0) is 4.79 Å². The second-order valence-electron chi connectivity index (χ2n) is 4.61. The lowest BCUT2D eigenvalue weighted by atomic mass is 9.90. The zero-order valence-electron chi connectivity index (χ0n) is 10.3. The standard InChI is InChI=1S/C16H15NO/c1-2-16-10-6-7-11-17(16)14(12-15(16)18)13-8-4-3-5-9-13/h3-12H,2H2,1H3. The van der Waals surface area contributed by atoms with Crippen LogP contribution >= 0.6 is 0 Å². The largest absolute Gasteiger partial charge is 0.330 e. The number of ketones is 1. The van der Waals surface area contributed by atoms with E-state index in [0.29, 0.717) is 0 Å². The summed E-state index contributed by atoms with van der Waals surface area (Å²) in [5.41, 5.74) is 1.57. The molecule has 0 amide bonds. The smallest absolute Gasteiger partial charge is 0.187 e. The molecule has 1 atom stereocenters. The third-order valence-corrected chi connectivity index (χ3v) is 3.71. The molecule has 1 aromatic rings. The first-order valence-corrected chi connectivity index (χ1v) is 6.25. The molecule has 0 saturated heterocycles. The van der Waals surface area contributed by atoms with Crippen LogP contribution in [0.15, 0.2) is 60.8 Å². The zero-order chi connectivity index (χ0) is 12.6. The lowest BCUT2D eigenvalue weighted by molar-refractivity contribution is -0.120. The highest BCUT2D eigenvalue weighted by atomic mass is 16.1. The topological polar surface area (TPSA) is 20.3 Å². The molecule has 1 unspecified atom stereocenters. The first-order valence-electron chi connectivity index (χ1n) is 6.25. The van der Waals surface area contributed by atoms with Gasteiger partial charge in [0, 0.05) is 12.3 Å². The normalized spacial score (nSPS) is 25.3. The number of benzene rings is 1. The van der Waals surface area contributed by atoms with Crippen molar-refractivity contribution < 1.29 is 4.79 Å². The summed E-state index contributed by atoms with van der Waals surface area (Å²) in [6.45, 7) is 2.05. The van der Waals surface area contributed by atoms with Crippen LogP contribution in [0.2, 0.25) is 0 Å². The van der Waals surface area contributed by atoms with Crippen LogP contribution in [0.5, 0.6) is 0 Å². The Hall–Kier alpha value is -2.09. The van der Waals surface area contributed by atoms with E-state index in [0.717, 1.165) is 17.7 Å². The third kappa shape index (κ3) is 1.39. The molecule has 0 radical (unpaired) electrons. The lowest BCUT2D eigenvalue weighted by Crippen LogP contribution is -2.45. The van der Waals surface area contributed by atoms with Crippen LogP contribution in [0, 0.1) is 0 Å². The first-order chi connectivity index (χ1) is 8.78. The monoisotopic (exact) mass is 237 g/mol. The van der Waals surface area contributed by atoms with Crippen LogP contribution in [0.3, 0.4) is 0 Å². The molecule has 2 heterocycles. The van der Waals surface area contributed by atoms with Gasteiger partial charge in [0.15, 0.2) is 5.78 Å². The van der Waals surface area contributed by atoms with Crippen LogP contribution < -0.4 is 0 Å². The van der Waals surface area contributed by atoms with Crippen molar-refractivity contribution in [3.63, 3.8) is 0 Å². The number of hydrogen-bond acceptors (Lipinski definition) is 2. The van der Waals surface area contributed by atoms with Gasteiger partial charge in [0.25, 0.3) is 0 Å². The fourth-order valence-corrected chi connectivity index (χ4v) is 2.67. The minimum absolute atomic E-state index is 0.171. The van der Waals surface area contributed by atoms with Gasteiger partial charge in [-0.2, -0.15) is 0 Å². The Morgan fingerprint density at radius 3 is 2.67 bits per heavy atom. The molecule has 0 saturated carbocycles. The summed E-state index contributed by atoms with van der Waals surface area (Å²) >= 11 is 0. The van der Waals surface area contributed by atoms with Crippen molar-refractivity contribution in [2.45, 2.75) is 18.9 Å². The molecule has 2 aliphatic heterocycles.